The van der Waals surface area contributed by atoms with Gasteiger partial charge in [0.05, 0.1) is 16.3 Å². The van der Waals surface area contributed by atoms with Gasteiger partial charge in [0.25, 0.3) is 0 Å². The number of nitrogens with zero attached hydrogens (tertiary/aromatic N) is 3. The summed E-state index contributed by atoms with van der Waals surface area (Å²) in [4.78, 5) is 6.95. The maximum atomic E-state index is 6.05. The highest BCUT2D eigenvalue weighted by Crippen LogP contribution is 2.37. The van der Waals surface area contributed by atoms with Crippen molar-refractivity contribution < 1.29 is 10.3 Å². The van der Waals surface area contributed by atoms with E-state index in [2.05, 4.69) is 37.8 Å². The topological polar surface area (TPSA) is 63.3 Å². The SMILES string of the molecule is CCCCN(C)c1nc2cc(OC(CC)CC)c(N=[NH2+])cc2s1. The Morgan fingerprint density at radius 2 is 2.04 bits per heavy atom. The molecule has 2 aromatic rings. The Kier molecular flexibility index (Phi) is 6.33. The molecule has 0 bridgehead atoms. The predicted octanol–water partition coefficient (Wildman–Crippen LogP) is 3.94. The second-order valence-electron chi connectivity index (χ2n) is 5.74. The molecule has 0 aliphatic carbocycles. The van der Waals surface area contributed by atoms with Crippen LogP contribution in [0.2, 0.25) is 0 Å². The van der Waals surface area contributed by atoms with Gasteiger partial charge in [0.1, 0.15) is 0 Å². The van der Waals surface area contributed by atoms with Crippen molar-refractivity contribution in [3.63, 3.8) is 0 Å². The molecule has 1 aromatic heterocycles. The molecule has 0 fully saturated rings. The molecular weight excluding hydrogens is 308 g/mol. The Balaban J connectivity index is 2.33. The zero-order valence-corrected chi connectivity index (χ0v) is 15.3. The molecule has 0 radical (unpaired) electrons. The number of ether oxygens (including phenoxy) is 1. The average molecular weight is 335 g/mol. The summed E-state index contributed by atoms with van der Waals surface area (Å²) >= 11 is 1.67. The largest absolute Gasteiger partial charge is 0.488 e. The highest BCUT2D eigenvalue weighted by molar-refractivity contribution is 7.22. The van der Waals surface area contributed by atoms with Crippen LogP contribution in [-0.2, 0) is 0 Å². The molecule has 0 aliphatic heterocycles. The molecule has 0 atom stereocenters. The van der Waals surface area contributed by atoms with E-state index in [-0.39, 0.29) is 6.10 Å². The molecule has 1 aromatic carbocycles. The van der Waals surface area contributed by atoms with Gasteiger partial charge in [-0.25, -0.2) is 4.98 Å². The number of fused-ring (bicyclic) bond motifs is 1. The lowest BCUT2D eigenvalue weighted by molar-refractivity contribution is -0.210. The molecule has 0 spiro atoms. The van der Waals surface area contributed by atoms with Crippen LogP contribution in [0.5, 0.6) is 5.75 Å². The van der Waals surface area contributed by atoms with E-state index in [9.17, 15) is 0 Å². The van der Waals surface area contributed by atoms with Crippen LogP contribution in [0.3, 0.4) is 0 Å². The minimum atomic E-state index is 0.179. The zero-order valence-electron chi connectivity index (χ0n) is 14.5. The monoisotopic (exact) mass is 335 g/mol. The molecule has 5 nitrogen and oxygen atoms in total. The normalized spacial score (nSPS) is 11.2. The minimum Gasteiger partial charge on any atom is -0.488 e. The van der Waals surface area contributed by atoms with E-state index in [0.29, 0.717) is 5.69 Å². The minimum absolute atomic E-state index is 0.179. The fourth-order valence-electron chi connectivity index (χ4n) is 2.42. The van der Waals surface area contributed by atoms with Gasteiger partial charge in [-0.2, -0.15) is 5.53 Å². The van der Waals surface area contributed by atoms with Crippen molar-refractivity contribution in [1.29, 1.82) is 0 Å². The quantitative estimate of drug-likeness (QED) is 0.706. The third kappa shape index (κ3) is 4.19. The number of aromatic nitrogens is 1. The smallest absolute Gasteiger partial charge is 0.186 e. The Labute approximate surface area is 142 Å². The summed E-state index contributed by atoms with van der Waals surface area (Å²) in [6, 6.07) is 3.94. The zero-order chi connectivity index (χ0) is 16.8. The highest BCUT2D eigenvalue weighted by Gasteiger charge is 2.16. The number of anilines is 1. The molecule has 0 amide bonds. The Hall–Kier alpha value is -1.69. The molecule has 6 heteroatoms. The summed E-state index contributed by atoms with van der Waals surface area (Å²) in [6.07, 6.45) is 4.44. The first-order valence-electron chi connectivity index (χ1n) is 8.36. The molecule has 0 aliphatic rings. The van der Waals surface area contributed by atoms with Crippen LogP contribution in [0, 0.1) is 0 Å². The van der Waals surface area contributed by atoms with Gasteiger partial charge in [-0.3, -0.25) is 0 Å². The molecule has 2 rings (SSSR count). The van der Waals surface area contributed by atoms with Gasteiger partial charge in [0.15, 0.2) is 16.6 Å². The molecular formula is C17H27N4OS+. The van der Waals surface area contributed by atoms with E-state index in [4.69, 9.17) is 15.3 Å². The number of rotatable bonds is 9. The number of unbranched alkanes of at least 4 members (excludes halogenated alkanes) is 1. The third-order valence-electron chi connectivity index (χ3n) is 3.97. The van der Waals surface area contributed by atoms with Crippen molar-refractivity contribution >= 4 is 32.4 Å². The molecule has 0 saturated heterocycles. The van der Waals surface area contributed by atoms with E-state index in [1.807, 2.05) is 12.1 Å². The van der Waals surface area contributed by atoms with Crippen molar-refractivity contribution in [1.82, 2.24) is 4.98 Å². The molecule has 126 valence electrons. The lowest BCUT2D eigenvalue weighted by Gasteiger charge is -2.16. The summed E-state index contributed by atoms with van der Waals surface area (Å²) in [7, 11) is 2.09. The maximum Gasteiger partial charge on any atom is 0.186 e. The maximum absolute atomic E-state index is 6.05. The molecule has 23 heavy (non-hydrogen) atoms. The summed E-state index contributed by atoms with van der Waals surface area (Å²) in [6.45, 7) is 7.45. The molecule has 0 saturated carbocycles. The van der Waals surface area contributed by atoms with Gasteiger partial charge in [-0.1, -0.05) is 38.5 Å². The van der Waals surface area contributed by atoms with E-state index in [1.54, 1.807) is 11.3 Å². The first-order valence-corrected chi connectivity index (χ1v) is 9.17. The Morgan fingerprint density at radius 3 is 2.65 bits per heavy atom. The third-order valence-corrected chi connectivity index (χ3v) is 5.11. The number of nitrogens with two attached hydrogens (primary N) is 1. The van der Waals surface area contributed by atoms with E-state index < -0.39 is 0 Å². The van der Waals surface area contributed by atoms with Gasteiger partial charge in [-0.15, -0.1) is 0 Å². The fourth-order valence-corrected chi connectivity index (χ4v) is 3.38. The van der Waals surface area contributed by atoms with E-state index >= 15 is 0 Å². The van der Waals surface area contributed by atoms with Crippen LogP contribution in [0.25, 0.3) is 10.2 Å². The van der Waals surface area contributed by atoms with Crippen LogP contribution in [0.4, 0.5) is 10.8 Å². The first kappa shape index (κ1) is 17.7. The second-order valence-corrected chi connectivity index (χ2v) is 6.75. The molecule has 0 unspecified atom stereocenters. The number of thiazole rings is 1. The van der Waals surface area contributed by atoms with Gasteiger partial charge in [0.2, 0.25) is 0 Å². The molecule has 1 heterocycles. The Bertz CT molecular complexity index is 651. The summed E-state index contributed by atoms with van der Waals surface area (Å²) in [5.41, 5.74) is 7.19. The lowest BCUT2D eigenvalue weighted by atomic mass is 10.2. The van der Waals surface area contributed by atoms with E-state index in [0.717, 1.165) is 40.5 Å². The van der Waals surface area contributed by atoms with Gasteiger partial charge >= 0.3 is 0 Å². The number of hydrogen-bond donors (Lipinski definition) is 1. The fraction of sp³-hybridized carbons (Fsp3) is 0.588. The first-order chi connectivity index (χ1) is 11.1. The van der Waals surface area contributed by atoms with Crippen LogP contribution in [-0.4, -0.2) is 24.7 Å². The van der Waals surface area contributed by atoms with Gasteiger partial charge < -0.3 is 9.64 Å². The highest BCUT2D eigenvalue weighted by atomic mass is 32.1. The average Bonchev–Trinajstić information content (AvgIpc) is 2.99. The van der Waals surface area contributed by atoms with Gasteiger partial charge in [-0.05, 0) is 30.4 Å². The lowest BCUT2D eigenvalue weighted by Crippen LogP contribution is -2.22. The van der Waals surface area contributed by atoms with Crippen molar-refractivity contribution in [2.75, 3.05) is 18.5 Å². The van der Waals surface area contributed by atoms with Crippen LogP contribution >= 0.6 is 11.3 Å². The van der Waals surface area contributed by atoms with E-state index in [1.165, 1.54) is 12.8 Å². The number of hydrogen-bond acceptors (Lipinski definition) is 5. The summed E-state index contributed by atoms with van der Waals surface area (Å²) in [5, 5.41) is 4.91. The summed E-state index contributed by atoms with van der Waals surface area (Å²) < 4.78 is 7.14. The standard InChI is InChI=1S/C17H26N4OS/c1-5-8-9-21(4)17-19-14-10-15(22-12(6-2)7-3)13(20-18)11-16(14)23-17/h10-12,18H,5-9H2,1-4H3/p+1. The van der Waals surface area contributed by atoms with Crippen molar-refractivity contribution in [2.45, 2.75) is 52.6 Å². The van der Waals surface area contributed by atoms with Gasteiger partial charge in [0, 0.05) is 19.7 Å². The predicted molar refractivity (Wildman–Crippen MR) is 96.8 cm³/mol. The van der Waals surface area contributed by atoms with Crippen LogP contribution in [0.1, 0.15) is 46.5 Å². The number of benzene rings is 1. The Morgan fingerprint density at radius 1 is 1.30 bits per heavy atom. The van der Waals surface area contributed by atoms with Crippen LogP contribution < -0.4 is 15.2 Å². The second kappa shape index (κ2) is 8.24. The van der Waals surface area contributed by atoms with Crippen molar-refractivity contribution in [2.24, 2.45) is 5.11 Å². The van der Waals surface area contributed by atoms with Crippen molar-refractivity contribution in [3.05, 3.63) is 12.1 Å². The summed E-state index contributed by atoms with van der Waals surface area (Å²) in [5.74, 6) is 0.724. The van der Waals surface area contributed by atoms with Crippen LogP contribution in [0.15, 0.2) is 17.2 Å². The van der Waals surface area contributed by atoms with Crippen molar-refractivity contribution in [3.8, 4) is 5.75 Å². The molecule has 2 N–H and O–H groups in total.